The molecule has 2 atom stereocenters. The third-order valence-corrected chi connectivity index (χ3v) is 4.82. The number of rotatable bonds is 6. The van der Waals surface area contributed by atoms with Crippen LogP contribution in [0, 0.1) is 0 Å². The van der Waals surface area contributed by atoms with Gasteiger partial charge in [0.15, 0.2) is 0 Å². The molecule has 0 aliphatic heterocycles. The van der Waals surface area contributed by atoms with E-state index >= 15 is 0 Å². The van der Waals surface area contributed by atoms with Gasteiger partial charge in [-0.15, -0.1) is 11.3 Å². The molecule has 0 spiro atoms. The van der Waals surface area contributed by atoms with Crippen molar-refractivity contribution >= 4 is 17.2 Å². The molecule has 3 N–H and O–H groups in total. The van der Waals surface area contributed by atoms with E-state index in [9.17, 15) is 0 Å². The minimum Gasteiger partial charge on any atom is -0.409 e. The standard InChI is InChI=1S/C16H21N3OS/c1-12(15-9-6-10-21-15)19(2)14(11-16(17)18-20)13-7-4-3-5-8-13/h3-10,12,14,20H,11H2,1-2H3,(H2,17,18). The summed E-state index contributed by atoms with van der Waals surface area (Å²) in [6, 6.07) is 14.7. The van der Waals surface area contributed by atoms with Crippen LogP contribution in [-0.2, 0) is 0 Å². The van der Waals surface area contributed by atoms with Crippen LogP contribution in [0.1, 0.15) is 35.9 Å². The van der Waals surface area contributed by atoms with Crippen molar-refractivity contribution in [3.63, 3.8) is 0 Å². The van der Waals surface area contributed by atoms with Crippen LogP contribution in [0.4, 0.5) is 0 Å². The van der Waals surface area contributed by atoms with E-state index in [0.29, 0.717) is 6.42 Å². The van der Waals surface area contributed by atoms with Crippen LogP contribution in [0.15, 0.2) is 53.0 Å². The second kappa shape index (κ2) is 7.24. The maximum absolute atomic E-state index is 8.88. The second-order valence-electron chi connectivity index (χ2n) is 5.08. The first-order valence-electron chi connectivity index (χ1n) is 6.90. The first-order chi connectivity index (χ1) is 10.1. The van der Waals surface area contributed by atoms with Gasteiger partial charge >= 0.3 is 0 Å². The van der Waals surface area contributed by atoms with E-state index in [-0.39, 0.29) is 17.9 Å². The molecule has 0 saturated carbocycles. The molecule has 1 aromatic heterocycles. The zero-order valence-electron chi connectivity index (χ0n) is 12.3. The number of oxime groups is 1. The van der Waals surface area contributed by atoms with Gasteiger partial charge in [0.25, 0.3) is 0 Å². The number of amidine groups is 1. The molecule has 2 rings (SSSR count). The van der Waals surface area contributed by atoms with Crippen LogP contribution in [0.2, 0.25) is 0 Å². The zero-order valence-corrected chi connectivity index (χ0v) is 13.1. The topological polar surface area (TPSA) is 61.8 Å². The van der Waals surface area contributed by atoms with Crippen LogP contribution < -0.4 is 5.73 Å². The summed E-state index contributed by atoms with van der Waals surface area (Å²) >= 11 is 1.74. The van der Waals surface area contributed by atoms with E-state index in [0.717, 1.165) is 5.56 Å². The average Bonchev–Trinajstić information content (AvgIpc) is 3.06. The highest BCUT2D eigenvalue weighted by molar-refractivity contribution is 7.10. The summed E-state index contributed by atoms with van der Waals surface area (Å²) in [6.07, 6.45) is 0.493. The van der Waals surface area contributed by atoms with E-state index in [2.05, 4.69) is 53.7 Å². The van der Waals surface area contributed by atoms with Gasteiger partial charge in [-0.25, -0.2) is 0 Å². The predicted octanol–water partition coefficient (Wildman–Crippen LogP) is 3.62. The summed E-state index contributed by atoms with van der Waals surface area (Å²) < 4.78 is 0. The maximum Gasteiger partial charge on any atom is 0.141 e. The van der Waals surface area contributed by atoms with E-state index < -0.39 is 0 Å². The lowest BCUT2D eigenvalue weighted by Crippen LogP contribution is -2.31. The Hall–Kier alpha value is -1.85. The number of thiophene rings is 1. The highest BCUT2D eigenvalue weighted by Crippen LogP contribution is 2.32. The van der Waals surface area contributed by atoms with Crippen LogP contribution in [0.3, 0.4) is 0 Å². The van der Waals surface area contributed by atoms with Crippen LogP contribution >= 0.6 is 11.3 Å². The molecule has 2 aromatic rings. The van der Waals surface area contributed by atoms with Crippen molar-refractivity contribution in [1.29, 1.82) is 0 Å². The van der Waals surface area contributed by atoms with Crippen molar-refractivity contribution in [1.82, 2.24) is 4.90 Å². The van der Waals surface area contributed by atoms with Crippen molar-refractivity contribution < 1.29 is 5.21 Å². The van der Waals surface area contributed by atoms with Crippen molar-refractivity contribution in [2.45, 2.75) is 25.4 Å². The van der Waals surface area contributed by atoms with Gasteiger partial charge in [0, 0.05) is 23.4 Å². The Bertz CT molecular complexity index is 568. The van der Waals surface area contributed by atoms with E-state index in [4.69, 9.17) is 10.9 Å². The number of nitrogens with zero attached hydrogens (tertiary/aromatic N) is 2. The van der Waals surface area contributed by atoms with Gasteiger partial charge in [0.05, 0.1) is 0 Å². The fourth-order valence-corrected chi connectivity index (χ4v) is 3.25. The molecule has 112 valence electrons. The highest BCUT2D eigenvalue weighted by atomic mass is 32.1. The van der Waals surface area contributed by atoms with Gasteiger partial charge in [-0.1, -0.05) is 41.6 Å². The van der Waals surface area contributed by atoms with Crippen LogP contribution in [-0.4, -0.2) is 23.0 Å². The van der Waals surface area contributed by atoms with Gasteiger partial charge < -0.3 is 10.9 Å². The third kappa shape index (κ3) is 3.83. The predicted molar refractivity (Wildman–Crippen MR) is 87.7 cm³/mol. The van der Waals surface area contributed by atoms with Gasteiger partial charge in [-0.05, 0) is 31.0 Å². The molecule has 0 aliphatic rings. The molecule has 0 aliphatic carbocycles. The summed E-state index contributed by atoms with van der Waals surface area (Å²) in [5.41, 5.74) is 6.91. The van der Waals surface area contributed by atoms with Crippen molar-refractivity contribution in [2.75, 3.05) is 7.05 Å². The summed E-state index contributed by atoms with van der Waals surface area (Å²) in [5, 5.41) is 14.1. The van der Waals surface area contributed by atoms with E-state index in [1.165, 1.54) is 4.88 Å². The molecule has 0 radical (unpaired) electrons. The maximum atomic E-state index is 8.88. The van der Waals surface area contributed by atoms with E-state index in [1.807, 2.05) is 18.2 Å². The number of nitrogens with two attached hydrogens (primary N) is 1. The minimum atomic E-state index is 0.0687. The van der Waals surface area contributed by atoms with Crippen LogP contribution in [0.5, 0.6) is 0 Å². The number of hydrogen-bond acceptors (Lipinski definition) is 4. The fourth-order valence-electron chi connectivity index (χ4n) is 2.41. The lowest BCUT2D eigenvalue weighted by molar-refractivity contribution is 0.191. The molecular formula is C16H21N3OS. The van der Waals surface area contributed by atoms with Gasteiger partial charge in [0.2, 0.25) is 0 Å². The van der Waals surface area contributed by atoms with Gasteiger partial charge in [0.1, 0.15) is 5.84 Å². The molecule has 2 unspecified atom stereocenters. The van der Waals surface area contributed by atoms with Crippen molar-refractivity contribution in [3.05, 3.63) is 58.3 Å². The molecule has 0 bridgehead atoms. The Kier molecular flexibility index (Phi) is 5.36. The molecule has 0 fully saturated rings. The van der Waals surface area contributed by atoms with Crippen molar-refractivity contribution in [3.8, 4) is 0 Å². The molecule has 0 amide bonds. The molecule has 1 heterocycles. The Morgan fingerprint density at radius 3 is 2.57 bits per heavy atom. The summed E-state index contributed by atoms with van der Waals surface area (Å²) in [5.74, 6) is 0.245. The quantitative estimate of drug-likeness (QED) is 0.371. The number of hydrogen-bond donors (Lipinski definition) is 2. The molecule has 1 aromatic carbocycles. The second-order valence-corrected chi connectivity index (χ2v) is 6.06. The lowest BCUT2D eigenvalue weighted by atomic mass is 10.00. The third-order valence-electron chi connectivity index (χ3n) is 3.77. The Morgan fingerprint density at radius 2 is 2.00 bits per heavy atom. The normalized spacial score (nSPS) is 15.1. The molecule has 5 heteroatoms. The van der Waals surface area contributed by atoms with E-state index in [1.54, 1.807) is 11.3 Å². The molecule has 0 saturated heterocycles. The fraction of sp³-hybridized carbons (Fsp3) is 0.312. The first kappa shape index (κ1) is 15.5. The molecule has 4 nitrogen and oxygen atoms in total. The SMILES string of the molecule is CC(c1cccs1)N(C)C(CC(N)=NO)c1ccccc1. The smallest absolute Gasteiger partial charge is 0.141 e. The molecule has 21 heavy (non-hydrogen) atoms. The van der Waals surface area contributed by atoms with Crippen molar-refractivity contribution in [2.24, 2.45) is 10.9 Å². The molecular weight excluding hydrogens is 282 g/mol. The lowest BCUT2D eigenvalue weighted by Gasteiger charge is -2.33. The summed E-state index contributed by atoms with van der Waals surface area (Å²) in [4.78, 5) is 3.57. The average molecular weight is 303 g/mol. The largest absolute Gasteiger partial charge is 0.409 e. The summed E-state index contributed by atoms with van der Waals surface area (Å²) in [7, 11) is 2.08. The van der Waals surface area contributed by atoms with Gasteiger partial charge in [-0.2, -0.15) is 0 Å². The van der Waals surface area contributed by atoms with Gasteiger partial charge in [-0.3, -0.25) is 4.90 Å². The monoisotopic (exact) mass is 303 g/mol. The Balaban J connectivity index is 2.26. The summed E-state index contributed by atoms with van der Waals surface area (Å²) in [6.45, 7) is 2.17. The van der Waals surface area contributed by atoms with Crippen LogP contribution in [0.25, 0.3) is 0 Å². The first-order valence-corrected chi connectivity index (χ1v) is 7.78. The zero-order chi connectivity index (χ0) is 15.2. The Morgan fingerprint density at radius 1 is 1.29 bits per heavy atom. The highest BCUT2D eigenvalue weighted by Gasteiger charge is 2.24. The minimum absolute atomic E-state index is 0.0687. The number of benzene rings is 1. The Labute approximate surface area is 129 Å².